The Hall–Kier alpha value is -1.48. The Labute approximate surface area is 128 Å². The summed E-state index contributed by atoms with van der Waals surface area (Å²) in [6, 6.07) is 6.54. The molecule has 116 valence electrons. The average Bonchev–Trinajstić information content (AvgIpc) is 2.42. The molecular weight excluding hydrogens is 262 g/mol. The summed E-state index contributed by atoms with van der Waals surface area (Å²) in [5.41, 5.74) is 1.08. The van der Waals surface area contributed by atoms with Crippen molar-refractivity contribution in [1.82, 2.24) is 5.32 Å². The first kappa shape index (κ1) is 15.9. The van der Waals surface area contributed by atoms with Crippen molar-refractivity contribution in [2.45, 2.75) is 51.7 Å². The number of ether oxygens (including phenoxy) is 2. The van der Waals surface area contributed by atoms with E-state index in [9.17, 15) is 0 Å². The Morgan fingerprint density at radius 3 is 3.00 bits per heavy atom. The van der Waals surface area contributed by atoms with Crippen LogP contribution in [0.25, 0.3) is 0 Å². The Morgan fingerprint density at radius 1 is 1.48 bits per heavy atom. The van der Waals surface area contributed by atoms with Gasteiger partial charge < -0.3 is 14.8 Å². The second kappa shape index (κ2) is 6.99. The van der Waals surface area contributed by atoms with Gasteiger partial charge in [-0.2, -0.15) is 0 Å². The van der Waals surface area contributed by atoms with Gasteiger partial charge in [-0.25, -0.2) is 0 Å². The number of hydrogen-bond donors (Lipinski definition) is 1. The van der Waals surface area contributed by atoms with Crippen molar-refractivity contribution >= 4 is 0 Å². The van der Waals surface area contributed by atoms with Gasteiger partial charge in [0.05, 0.1) is 6.61 Å². The van der Waals surface area contributed by atoms with Crippen LogP contribution < -0.4 is 14.8 Å². The number of rotatable bonds is 7. The van der Waals surface area contributed by atoms with E-state index in [0.29, 0.717) is 12.6 Å². The van der Waals surface area contributed by atoms with Crippen molar-refractivity contribution < 1.29 is 9.47 Å². The van der Waals surface area contributed by atoms with Crippen LogP contribution in [0.15, 0.2) is 30.9 Å². The van der Waals surface area contributed by atoms with E-state index in [-0.39, 0.29) is 5.60 Å². The largest absolute Gasteiger partial charge is 0.493 e. The SMILES string of the molecule is C=CCCCOc1ccc2c(c1)OC(C)(C)CC2NCC. The predicted octanol–water partition coefficient (Wildman–Crippen LogP) is 4.24. The van der Waals surface area contributed by atoms with E-state index in [2.05, 4.69) is 38.7 Å². The van der Waals surface area contributed by atoms with Crippen molar-refractivity contribution in [3.05, 3.63) is 36.4 Å². The molecule has 0 aliphatic carbocycles. The van der Waals surface area contributed by atoms with E-state index in [1.165, 1.54) is 5.56 Å². The van der Waals surface area contributed by atoms with E-state index in [4.69, 9.17) is 9.47 Å². The third-order valence-electron chi connectivity index (χ3n) is 3.71. The van der Waals surface area contributed by atoms with Gasteiger partial charge in [0.15, 0.2) is 0 Å². The van der Waals surface area contributed by atoms with Crippen LogP contribution in [0.1, 0.15) is 51.6 Å². The summed E-state index contributed by atoms with van der Waals surface area (Å²) < 4.78 is 11.9. The fraction of sp³-hybridized carbons (Fsp3) is 0.556. The summed E-state index contributed by atoms with van der Waals surface area (Å²) in [7, 11) is 0. The average molecular weight is 289 g/mol. The minimum absolute atomic E-state index is 0.151. The monoisotopic (exact) mass is 289 g/mol. The molecule has 1 atom stereocenters. The van der Waals surface area contributed by atoms with Gasteiger partial charge in [0.25, 0.3) is 0 Å². The number of nitrogens with one attached hydrogen (secondary N) is 1. The normalized spacial score (nSPS) is 19.5. The van der Waals surface area contributed by atoms with Crippen LogP contribution in [-0.4, -0.2) is 18.8 Å². The van der Waals surface area contributed by atoms with Crippen LogP contribution in [0, 0.1) is 0 Å². The van der Waals surface area contributed by atoms with Crippen molar-refractivity contribution in [3.63, 3.8) is 0 Å². The fourth-order valence-electron chi connectivity index (χ4n) is 2.77. The quantitative estimate of drug-likeness (QED) is 0.601. The molecule has 0 fully saturated rings. The molecule has 1 aromatic rings. The smallest absolute Gasteiger partial charge is 0.128 e. The molecule has 0 saturated carbocycles. The molecule has 1 heterocycles. The van der Waals surface area contributed by atoms with Crippen molar-refractivity contribution in [3.8, 4) is 11.5 Å². The highest BCUT2D eigenvalue weighted by Crippen LogP contribution is 2.41. The molecule has 0 bridgehead atoms. The van der Waals surface area contributed by atoms with Crippen LogP contribution in [0.3, 0.4) is 0 Å². The first-order valence-electron chi connectivity index (χ1n) is 7.86. The lowest BCUT2D eigenvalue weighted by Crippen LogP contribution is -2.39. The Balaban J connectivity index is 2.12. The maximum Gasteiger partial charge on any atom is 0.128 e. The minimum Gasteiger partial charge on any atom is -0.493 e. The molecule has 0 amide bonds. The summed E-state index contributed by atoms with van der Waals surface area (Å²) in [6.45, 7) is 11.8. The number of benzene rings is 1. The maximum absolute atomic E-state index is 6.13. The molecule has 1 aliphatic rings. The standard InChI is InChI=1S/C18H27NO2/c1-5-7-8-11-20-14-9-10-15-16(19-6-2)13-18(3,4)21-17(15)12-14/h5,9-10,12,16,19H,1,6-8,11,13H2,2-4H3. The highest BCUT2D eigenvalue weighted by Gasteiger charge is 2.33. The third-order valence-corrected chi connectivity index (χ3v) is 3.71. The molecular formula is C18H27NO2. The molecule has 1 aromatic carbocycles. The van der Waals surface area contributed by atoms with Gasteiger partial charge in [0.2, 0.25) is 0 Å². The molecule has 1 N–H and O–H groups in total. The Kier molecular flexibility index (Phi) is 5.29. The van der Waals surface area contributed by atoms with Gasteiger partial charge in [-0.1, -0.05) is 19.1 Å². The van der Waals surface area contributed by atoms with Gasteiger partial charge in [0, 0.05) is 24.1 Å². The van der Waals surface area contributed by atoms with Crippen LogP contribution in [0.4, 0.5) is 0 Å². The van der Waals surface area contributed by atoms with Crippen molar-refractivity contribution in [1.29, 1.82) is 0 Å². The summed E-state index contributed by atoms with van der Waals surface area (Å²) in [6.07, 6.45) is 4.88. The lowest BCUT2D eigenvalue weighted by molar-refractivity contribution is 0.0660. The van der Waals surface area contributed by atoms with Crippen LogP contribution in [0.2, 0.25) is 0 Å². The van der Waals surface area contributed by atoms with E-state index >= 15 is 0 Å². The van der Waals surface area contributed by atoms with Gasteiger partial charge in [-0.15, -0.1) is 6.58 Å². The van der Waals surface area contributed by atoms with E-state index < -0.39 is 0 Å². The van der Waals surface area contributed by atoms with E-state index in [1.807, 2.05) is 18.2 Å². The van der Waals surface area contributed by atoms with Crippen LogP contribution >= 0.6 is 0 Å². The van der Waals surface area contributed by atoms with E-state index in [0.717, 1.165) is 37.3 Å². The summed E-state index contributed by atoms with van der Waals surface area (Å²) in [5, 5.41) is 3.54. The molecule has 0 spiro atoms. The van der Waals surface area contributed by atoms with E-state index in [1.54, 1.807) is 0 Å². The summed E-state index contributed by atoms with van der Waals surface area (Å²) in [5.74, 6) is 1.82. The van der Waals surface area contributed by atoms with Gasteiger partial charge >= 0.3 is 0 Å². The second-order valence-corrected chi connectivity index (χ2v) is 6.16. The molecule has 3 nitrogen and oxygen atoms in total. The number of hydrogen-bond acceptors (Lipinski definition) is 3. The summed E-state index contributed by atoms with van der Waals surface area (Å²) in [4.78, 5) is 0. The third kappa shape index (κ3) is 4.24. The lowest BCUT2D eigenvalue weighted by Gasteiger charge is -2.38. The highest BCUT2D eigenvalue weighted by molar-refractivity contribution is 5.44. The minimum atomic E-state index is -0.151. The molecule has 0 aromatic heterocycles. The first-order valence-corrected chi connectivity index (χ1v) is 7.86. The molecule has 2 rings (SSSR count). The Morgan fingerprint density at radius 2 is 2.29 bits per heavy atom. The second-order valence-electron chi connectivity index (χ2n) is 6.16. The predicted molar refractivity (Wildman–Crippen MR) is 87.1 cm³/mol. The van der Waals surface area contributed by atoms with Crippen LogP contribution in [0.5, 0.6) is 11.5 Å². The molecule has 0 saturated heterocycles. The number of unbranched alkanes of at least 4 members (excludes halogenated alkanes) is 1. The van der Waals surface area contributed by atoms with Gasteiger partial charge in [-0.05, 0) is 39.3 Å². The first-order chi connectivity index (χ1) is 10.1. The fourth-order valence-corrected chi connectivity index (χ4v) is 2.77. The lowest BCUT2D eigenvalue weighted by atomic mass is 9.89. The van der Waals surface area contributed by atoms with Gasteiger partial charge in [0.1, 0.15) is 17.1 Å². The van der Waals surface area contributed by atoms with Crippen molar-refractivity contribution in [2.75, 3.05) is 13.2 Å². The molecule has 1 unspecified atom stereocenters. The maximum atomic E-state index is 6.13. The summed E-state index contributed by atoms with van der Waals surface area (Å²) >= 11 is 0. The highest BCUT2D eigenvalue weighted by atomic mass is 16.5. The zero-order valence-corrected chi connectivity index (χ0v) is 13.4. The topological polar surface area (TPSA) is 30.5 Å². The zero-order chi connectivity index (χ0) is 15.3. The molecule has 3 heteroatoms. The van der Waals surface area contributed by atoms with Crippen LogP contribution in [-0.2, 0) is 0 Å². The molecule has 1 aliphatic heterocycles. The van der Waals surface area contributed by atoms with Crippen molar-refractivity contribution in [2.24, 2.45) is 0 Å². The number of fused-ring (bicyclic) bond motifs is 1. The molecule has 0 radical (unpaired) electrons. The Bertz CT molecular complexity index is 482. The molecule has 21 heavy (non-hydrogen) atoms. The van der Waals surface area contributed by atoms with Gasteiger partial charge in [-0.3, -0.25) is 0 Å². The number of allylic oxidation sites excluding steroid dienone is 1. The zero-order valence-electron chi connectivity index (χ0n) is 13.4.